The van der Waals surface area contributed by atoms with Crippen LogP contribution in [-0.2, 0) is 11.3 Å². The monoisotopic (exact) mass is 313 g/mol. The molecule has 1 aromatic carbocycles. The lowest BCUT2D eigenvalue weighted by atomic mass is 10.2. The number of rotatable bonds is 6. The number of guanidine groups is 1. The molecule has 0 saturated carbocycles. The van der Waals surface area contributed by atoms with Gasteiger partial charge in [0, 0.05) is 31.2 Å². The van der Waals surface area contributed by atoms with Crippen LogP contribution < -0.4 is 10.6 Å². The molecule has 0 unspecified atom stereocenters. The van der Waals surface area contributed by atoms with Crippen molar-refractivity contribution in [1.82, 2.24) is 10.6 Å². The molecule has 0 aromatic heterocycles. The van der Waals surface area contributed by atoms with Gasteiger partial charge >= 0.3 is 0 Å². The molecule has 18 heavy (non-hydrogen) atoms. The minimum absolute atomic E-state index is 0.689. The van der Waals surface area contributed by atoms with Crippen LogP contribution in [0.4, 0.5) is 0 Å². The quantitative estimate of drug-likeness (QED) is 0.480. The molecule has 4 nitrogen and oxygen atoms in total. The smallest absolute Gasteiger partial charge is 0.191 e. The maximum absolute atomic E-state index is 5.26. The fourth-order valence-corrected chi connectivity index (χ4v) is 1.89. The SMILES string of the molecule is CCOCCNC(=NC)NCc1cccc(Br)c1. The Balaban J connectivity index is 2.31. The van der Waals surface area contributed by atoms with Crippen LogP contribution in [0, 0.1) is 0 Å². The van der Waals surface area contributed by atoms with Gasteiger partial charge in [0.25, 0.3) is 0 Å². The Morgan fingerprint density at radius 2 is 2.22 bits per heavy atom. The van der Waals surface area contributed by atoms with Gasteiger partial charge in [-0.15, -0.1) is 0 Å². The van der Waals surface area contributed by atoms with Crippen LogP contribution in [-0.4, -0.2) is 32.8 Å². The van der Waals surface area contributed by atoms with Gasteiger partial charge in [0.05, 0.1) is 6.61 Å². The van der Waals surface area contributed by atoms with Crippen molar-refractivity contribution in [3.8, 4) is 0 Å². The van der Waals surface area contributed by atoms with Crippen molar-refractivity contribution >= 4 is 21.9 Å². The first-order chi connectivity index (χ1) is 8.76. The number of nitrogens with one attached hydrogen (secondary N) is 2. The second-order valence-electron chi connectivity index (χ2n) is 3.68. The molecule has 0 heterocycles. The Morgan fingerprint density at radius 3 is 2.89 bits per heavy atom. The highest BCUT2D eigenvalue weighted by atomic mass is 79.9. The van der Waals surface area contributed by atoms with Gasteiger partial charge < -0.3 is 15.4 Å². The number of ether oxygens (including phenoxy) is 1. The van der Waals surface area contributed by atoms with E-state index in [2.05, 4.69) is 43.7 Å². The minimum atomic E-state index is 0.689. The first-order valence-corrected chi connectivity index (χ1v) is 6.82. The second-order valence-corrected chi connectivity index (χ2v) is 4.60. The molecule has 0 aliphatic heterocycles. The molecule has 0 atom stereocenters. The Kier molecular flexibility index (Phi) is 7.44. The van der Waals surface area contributed by atoms with E-state index in [1.165, 1.54) is 5.56 Å². The van der Waals surface area contributed by atoms with E-state index in [0.717, 1.165) is 30.1 Å². The van der Waals surface area contributed by atoms with Crippen LogP contribution in [0.25, 0.3) is 0 Å². The van der Waals surface area contributed by atoms with Crippen molar-refractivity contribution in [1.29, 1.82) is 0 Å². The number of hydrogen-bond acceptors (Lipinski definition) is 2. The van der Waals surface area contributed by atoms with Gasteiger partial charge in [0.2, 0.25) is 0 Å². The van der Waals surface area contributed by atoms with Crippen LogP contribution in [0.2, 0.25) is 0 Å². The van der Waals surface area contributed by atoms with Gasteiger partial charge in [-0.1, -0.05) is 28.1 Å². The molecule has 0 spiro atoms. The first-order valence-electron chi connectivity index (χ1n) is 6.03. The number of aliphatic imine (C=N–C) groups is 1. The second kappa shape index (κ2) is 8.94. The van der Waals surface area contributed by atoms with Crippen LogP contribution in [0.15, 0.2) is 33.7 Å². The van der Waals surface area contributed by atoms with Gasteiger partial charge in [-0.2, -0.15) is 0 Å². The lowest BCUT2D eigenvalue weighted by Gasteiger charge is -2.12. The van der Waals surface area contributed by atoms with E-state index in [1.54, 1.807) is 7.05 Å². The van der Waals surface area contributed by atoms with E-state index in [-0.39, 0.29) is 0 Å². The molecule has 2 N–H and O–H groups in total. The summed E-state index contributed by atoms with van der Waals surface area (Å²) in [4.78, 5) is 4.15. The van der Waals surface area contributed by atoms with E-state index in [9.17, 15) is 0 Å². The number of hydrogen-bond donors (Lipinski definition) is 2. The van der Waals surface area contributed by atoms with Crippen LogP contribution in [0.5, 0.6) is 0 Å². The summed E-state index contributed by atoms with van der Waals surface area (Å²) in [6.45, 7) is 4.92. The van der Waals surface area contributed by atoms with E-state index in [4.69, 9.17) is 4.74 Å². The molecule has 100 valence electrons. The van der Waals surface area contributed by atoms with E-state index >= 15 is 0 Å². The van der Waals surface area contributed by atoms with Crippen molar-refractivity contribution < 1.29 is 4.74 Å². The normalized spacial score (nSPS) is 11.4. The summed E-state index contributed by atoms with van der Waals surface area (Å²) in [5, 5.41) is 6.44. The maximum atomic E-state index is 5.26. The highest BCUT2D eigenvalue weighted by Crippen LogP contribution is 2.11. The Hall–Kier alpha value is -1.07. The summed E-state index contributed by atoms with van der Waals surface area (Å²) >= 11 is 3.46. The van der Waals surface area contributed by atoms with Crippen molar-refractivity contribution in [3.63, 3.8) is 0 Å². The van der Waals surface area contributed by atoms with Crippen molar-refractivity contribution in [2.75, 3.05) is 26.8 Å². The van der Waals surface area contributed by atoms with E-state index in [0.29, 0.717) is 6.61 Å². The fourth-order valence-electron chi connectivity index (χ4n) is 1.44. The number of benzene rings is 1. The molecule has 0 bridgehead atoms. The average molecular weight is 314 g/mol. The third-order valence-electron chi connectivity index (χ3n) is 2.32. The van der Waals surface area contributed by atoms with Crippen molar-refractivity contribution in [2.24, 2.45) is 4.99 Å². The maximum Gasteiger partial charge on any atom is 0.191 e. The lowest BCUT2D eigenvalue weighted by Crippen LogP contribution is -2.38. The zero-order chi connectivity index (χ0) is 13.2. The summed E-state index contributed by atoms with van der Waals surface area (Å²) in [6.07, 6.45) is 0. The predicted molar refractivity (Wildman–Crippen MR) is 78.8 cm³/mol. The third kappa shape index (κ3) is 6.02. The largest absolute Gasteiger partial charge is 0.380 e. The summed E-state index contributed by atoms with van der Waals surface area (Å²) in [5.41, 5.74) is 1.21. The van der Waals surface area contributed by atoms with Gasteiger partial charge in [0.1, 0.15) is 0 Å². The zero-order valence-corrected chi connectivity index (χ0v) is 12.5. The molecule has 0 radical (unpaired) electrons. The molecule has 5 heteroatoms. The fraction of sp³-hybridized carbons (Fsp3) is 0.462. The molecule has 0 aliphatic rings. The summed E-state index contributed by atoms with van der Waals surface area (Å²) in [6, 6.07) is 8.19. The van der Waals surface area contributed by atoms with Crippen LogP contribution >= 0.6 is 15.9 Å². The topological polar surface area (TPSA) is 45.6 Å². The van der Waals surface area contributed by atoms with E-state index < -0.39 is 0 Å². The number of nitrogens with zero attached hydrogens (tertiary/aromatic N) is 1. The lowest BCUT2D eigenvalue weighted by molar-refractivity contribution is 0.152. The van der Waals surface area contributed by atoms with Gasteiger partial charge in [0.15, 0.2) is 5.96 Å². The third-order valence-corrected chi connectivity index (χ3v) is 2.81. The molecular formula is C13H20BrN3O. The highest BCUT2D eigenvalue weighted by molar-refractivity contribution is 9.10. The highest BCUT2D eigenvalue weighted by Gasteiger charge is 1.98. The molecule has 1 rings (SSSR count). The van der Waals surface area contributed by atoms with Gasteiger partial charge in [-0.05, 0) is 24.6 Å². The van der Waals surface area contributed by atoms with Crippen LogP contribution in [0.3, 0.4) is 0 Å². The molecule has 0 amide bonds. The van der Waals surface area contributed by atoms with Crippen molar-refractivity contribution in [2.45, 2.75) is 13.5 Å². The van der Waals surface area contributed by atoms with Gasteiger partial charge in [-0.25, -0.2) is 0 Å². The predicted octanol–water partition coefficient (Wildman–Crippen LogP) is 2.15. The summed E-state index contributed by atoms with van der Waals surface area (Å²) in [5.74, 6) is 0.787. The number of halogens is 1. The van der Waals surface area contributed by atoms with Gasteiger partial charge in [-0.3, -0.25) is 4.99 Å². The van der Waals surface area contributed by atoms with Crippen molar-refractivity contribution in [3.05, 3.63) is 34.3 Å². The Bertz CT molecular complexity index is 382. The average Bonchev–Trinajstić information content (AvgIpc) is 2.38. The molecule has 1 aromatic rings. The summed E-state index contributed by atoms with van der Waals surface area (Å²) in [7, 11) is 1.76. The summed E-state index contributed by atoms with van der Waals surface area (Å²) < 4.78 is 6.34. The molecule has 0 fully saturated rings. The minimum Gasteiger partial charge on any atom is -0.380 e. The molecule has 0 saturated heterocycles. The zero-order valence-electron chi connectivity index (χ0n) is 10.9. The first kappa shape index (κ1) is 15.0. The molecule has 0 aliphatic carbocycles. The Morgan fingerprint density at radius 1 is 1.39 bits per heavy atom. The molecular weight excluding hydrogens is 294 g/mol. The Labute approximate surface area is 117 Å². The van der Waals surface area contributed by atoms with Crippen LogP contribution in [0.1, 0.15) is 12.5 Å². The standard InChI is InChI=1S/C13H20BrN3O/c1-3-18-8-7-16-13(15-2)17-10-11-5-4-6-12(14)9-11/h4-6,9H,3,7-8,10H2,1-2H3,(H2,15,16,17). The van der Waals surface area contributed by atoms with E-state index in [1.807, 2.05) is 19.1 Å².